The molecular formula is C22H22Br2N2O2. The first-order chi connectivity index (χ1) is 13.4. The van der Waals surface area contributed by atoms with Crippen molar-refractivity contribution in [1.29, 1.82) is 0 Å². The number of furan rings is 1. The van der Waals surface area contributed by atoms with Crippen LogP contribution < -0.4 is 10.6 Å². The minimum atomic E-state index is 0.0305. The van der Waals surface area contributed by atoms with E-state index in [0.717, 1.165) is 37.4 Å². The summed E-state index contributed by atoms with van der Waals surface area (Å²) in [5.74, 6) is 2.01. The van der Waals surface area contributed by atoms with Crippen LogP contribution in [-0.4, -0.2) is 5.91 Å². The second kappa shape index (κ2) is 9.43. The first kappa shape index (κ1) is 20.7. The average molecular weight is 506 g/mol. The van der Waals surface area contributed by atoms with E-state index in [1.807, 2.05) is 68.4 Å². The number of carbonyl (C=O) groups excluding carboxylic acids is 1. The minimum absolute atomic E-state index is 0.0305. The van der Waals surface area contributed by atoms with Gasteiger partial charge in [0, 0.05) is 32.3 Å². The van der Waals surface area contributed by atoms with Crippen LogP contribution in [0.25, 0.3) is 11.3 Å². The Balaban J connectivity index is 1.63. The number of nitrogens with one attached hydrogen (secondary N) is 2. The molecule has 2 N–H and O–H groups in total. The zero-order chi connectivity index (χ0) is 20.1. The van der Waals surface area contributed by atoms with E-state index in [-0.39, 0.29) is 5.91 Å². The number of benzene rings is 2. The lowest BCUT2D eigenvalue weighted by Crippen LogP contribution is -2.13. The van der Waals surface area contributed by atoms with E-state index in [0.29, 0.717) is 18.9 Å². The third-order valence-electron chi connectivity index (χ3n) is 4.06. The maximum absolute atomic E-state index is 11.9. The minimum Gasteiger partial charge on any atom is -0.459 e. The van der Waals surface area contributed by atoms with E-state index in [1.54, 1.807) is 0 Å². The molecule has 28 heavy (non-hydrogen) atoms. The SMILES string of the molecule is CC(C)CC(=O)Nc1cccc(NCc2ccc(-c3ccc(Br)cc3Br)o2)c1. The number of halogens is 2. The molecule has 0 unspecified atom stereocenters. The van der Waals surface area contributed by atoms with Gasteiger partial charge in [0.15, 0.2) is 0 Å². The van der Waals surface area contributed by atoms with Crippen LogP contribution in [0.4, 0.5) is 11.4 Å². The molecule has 3 aromatic rings. The molecule has 2 aromatic carbocycles. The van der Waals surface area contributed by atoms with Crippen molar-refractivity contribution in [2.24, 2.45) is 5.92 Å². The molecule has 0 aliphatic carbocycles. The monoisotopic (exact) mass is 504 g/mol. The Morgan fingerprint density at radius 1 is 1.04 bits per heavy atom. The molecule has 0 saturated carbocycles. The summed E-state index contributed by atoms with van der Waals surface area (Å²) in [6.07, 6.45) is 0.512. The third-order valence-corrected chi connectivity index (χ3v) is 5.21. The molecule has 1 amide bonds. The fourth-order valence-electron chi connectivity index (χ4n) is 2.79. The third kappa shape index (κ3) is 5.72. The zero-order valence-corrected chi connectivity index (χ0v) is 18.9. The Morgan fingerprint density at radius 3 is 2.57 bits per heavy atom. The Kier molecular flexibility index (Phi) is 6.97. The van der Waals surface area contributed by atoms with Gasteiger partial charge in [-0.2, -0.15) is 0 Å². The Labute approximate surface area is 182 Å². The van der Waals surface area contributed by atoms with Crippen molar-refractivity contribution >= 4 is 49.1 Å². The number of carbonyl (C=O) groups is 1. The summed E-state index contributed by atoms with van der Waals surface area (Å²) in [7, 11) is 0. The lowest BCUT2D eigenvalue weighted by molar-refractivity contribution is -0.116. The van der Waals surface area contributed by atoms with Crippen LogP contribution in [0.1, 0.15) is 26.0 Å². The van der Waals surface area contributed by atoms with Crippen LogP contribution in [0.5, 0.6) is 0 Å². The van der Waals surface area contributed by atoms with Crippen LogP contribution >= 0.6 is 31.9 Å². The molecule has 0 aliphatic rings. The van der Waals surface area contributed by atoms with Crippen molar-refractivity contribution in [2.75, 3.05) is 10.6 Å². The summed E-state index contributed by atoms with van der Waals surface area (Å²) in [5, 5.41) is 6.28. The number of anilines is 2. The average Bonchev–Trinajstić information content (AvgIpc) is 3.08. The number of hydrogen-bond acceptors (Lipinski definition) is 3. The maximum atomic E-state index is 11.9. The van der Waals surface area contributed by atoms with Gasteiger partial charge in [-0.3, -0.25) is 4.79 Å². The van der Waals surface area contributed by atoms with Crippen LogP contribution in [-0.2, 0) is 11.3 Å². The van der Waals surface area contributed by atoms with Crippen LogP contribution in [0, 0.1) is 5.92 Å². The van der Waals surface area contributed by atoms with Crippen molar-refractivity contribution < 1.29 is 9.21 Å². The largest absolute Gasteiger partial charge is 0.459 e. The van der Waals surface area contributed by atoms with Crippen molar-refractivity contribution in [3.8, 4) is 11.3 Å². The lowest BCUT2D eigenvalue weighted by atomic mass is 10.1. The van der Waals surface area contributed by atoms with Crippen molar-refractivity contribution in [3.63, 3.8) is 0 Å². The Hall–Kier alpha value is -2.05. The predicted molar refractivity (Wildman–Crippen MR) is 121 cm³/mol. The number of amides is 1. The van der Waals surface area contributed by atoms with Crippen LogP contribution in [0.2, 0.25) is 0 Å². The highest BCUT2D eigenvalue weighted by molar-refractivity contribution is 9.11. The summed E-state index contributed by atoms with van der Waals surface area (Å²) in [6.45, 7) is 4.61. The van der Waals surface area contributed by atoms with Gasteiger partial charge in [-0.15, -0.1) is 0 Å². The molecule has 0 spiro atoms. The predicted octanol–water partition coefficient (Wildman–Crippen LogP) is 7.07. The van der Waals surface area contributed by atoms with Crippen LogP contribution in [0.15, 0.2) is 68.0 Å². The van der Waals surface area contributed by atoms with Crippen molar-refractivity contribution in [2.45, 2.75) is 26.8 Å². The normalized spacial score (nSPS) is 10.9. The molecule has 3 rings (SSSR count). The molecule has 0 saturated heterocycles. The molecule has 4 nitrogen and oxygen atoms in total. The second-order valence-corrected chi connectivity index (χ2v) is 8.74. The van der Waals surface area contributed by atoms with E-state index < -0.39 is 0 Å². The second-order valence-electron chi connectivity index (χ2n) is 6.97. The molecule has 0 bridgehead atoms. The van der Waals surface area contributed by atoms with Gasteiger partial charge < -0.3 is 15.1 Å². The highest BCUT2D eigenvalue weighted by Crippen LogP contribution is 2.32. The van der Waals surface area contributed by atoms with Crippen molar-refractivity contribution in [3.05, 3.63) is 69.3 Å². The molecule has 0 atom stereocenters. The molecular weight excluding hydrogens is 484 g/mol. The molecule has 0 aliphatic heterocycles. The number of rotatable bonds is 7. The maximum Gasteiger partial charge on any atom is 0.224 e. The van der Waals surface area contributed by atoms with Gasteiger partial charge >= 0.3 is 0 Å². The van der Waals surface area contributed by atoms with Gasteiger partial charge in [0.1, 0.15) is 11.5 Å². The van der Waals surface area contributed by atoms with Gasteiger partial charge in [-0.05, 0) is 70.4 Å². The van der Waals surface area contributed by atoms with Crippen molar-refractivity contribution in [1.82, 2.24) is 0 Å². The summed E-state index contributed by atoms with van der Waals surface area (Å²) < 4.78 is 7.96. The van der Waals surface area contributed by atoms with Gasteiger partial charge in [0.25, 0.3) is 0 Å². The van der Waals surface area contributed by atoms with E-state index in [1.165, 1.54) is 0 Å². The Morgan fingerprint density at radius 2 is 1.82 bits per heavy atom. The molecule has 6 heteroatoms. The summed E-state index contributed by atoms with van der Waals surface area (Å²) in [4.78, 5) is 11.9. The zero-order valence-electron chi connectivity index (χ0n) is 15.8. The first-order valence-electron chi connectivity index (χ1n) is 9.08. The molecule has 146 valence electrons. The van der Waals surface area contributed by atoms with Gasteiger partial charge in [0.05, 0.1) is 6.54 Å². The van der Waals surface area contributed by atoms with Gasteiger partial charge in [-0.25, -0.2) is 0 Å². The quantitative estimate of drug-likeness (QED) is 0.361. The highest BCUT2D eigenvalue weighted by atomic mass is 79.9. The molecule has 0 fully saturated rings. The van der Waals surface area contributed by atoms with Gasteiger partial charge in [0.2, 0.25) is 5.91 Å². The Bertz CT molecular complexity index is 967. The number of hydrogen-bond donors (Lipinski definition) is 2. The standard InChI is InChI=1S/C22H22Br2N2O2/c1-14(2)10-22(27)26-17-5-3-4-16(12-17)25-13-18-7-9-21(28-18)19-8-6-15(23)11-20(19)24/h3-9,11-12,14,25H,10,13H2,1-2H3,(H,26,27). The van der Waals surface area contributed by atoms with E-state index in [9.17, 15) is 4.79 Å². The van der Waals surface area contributed by atoms with Gasteiger partial charge in [-0.1, -0.05) is 35.8 Å². The fourth-order valence-corrected chi connectivity index (χ4v) is 4.03. The van der Waals surface area contributed by atoms with Crippen LogP contribution in [0.3, 0.4) is 0 Å². The van der Waals surface area contributed by atoms with E-state index >= 15 is 0 Å². The first-order valence-corrected chi connectivity index (χ1v) is 10.7. The lowest BCUT2D eigenvalue weighted by Gasteiger charge is -2.10. The van der Waals surface area contributed by atoms with E-state index in [2.05, 4.69) is 42.5 Å². The highest BCUT2D eigenvalue weighted by Gasteiger charge is 2.09. The fraction of sp³-hybridized carbons (Fsp3) is 0.227. The molecule has 1 aromatic heterocycles. The summed E-state index contributed by atoms with van der Waals surface area (Å²) in [6, 6.07) is 17.6. The van der Waals surface area contributed by atoms with E-state index in [4.69, 9.17) is 4.42 Å². The summed E-state index contributed by atoms with van der Waals surface area (Å²) in [5.41, 5.74) is 2.71. The topological polar surface area (TPSA) is 54.3 Å². The molecule has 1 heterocycles. The summed E-state index contributed by atoms with van der Waals surface area (Å²) >= 11 is 7.03. The smallest absolute Gasteiger partial charge is 0.224 e. The molecule has 0 radical (unpaired) electrons.